The average molecular weight is 341 g/mol. The van der Waals surface area contributed by atoms with Crippen molar-refractivity contribution in [1.82, 2.24) is 34.4 Å². The third-order valence-corrected chi connectivity index (χ3v) is 5.16. The van der Waals surface area contributed by atoms with Crippen molar-refractivity contribution >= 4 is 5.78 Å². The second-order valence-corrected chi connectivity index (χ2v) is 6.80. The summed E-state index contributed by atoms with van der Waals surface area (Å²) in [6.07, 6.45) is 11.3. The SMILES string of the molecule is Cn1c(C[C@H]2CCCC[C@H]2NCc2cn3cccnc3n2)n[nH]c1=O. The highest BCUT2D eigenvalue weighted by molar-refractivity contribution is 5.29. The van der Waals surface area contributed by atoms with Crippen LogP contribution in [0.1, 0.15) is 37.2 Å². The van der Waals surface area contributed by atoms with E-state index in [0.717, 1.165) is 43.1 Å². The Morgan fingerprint density at radius 2 is 2.24 bits per heavy atom. The Balaban J connectivity index is 1.43. The zero-order chi connectivity index (χ0) is 17.2. The number of hydrogen-bond donors (Lipinski definition) is 2. The number of aromatic nitrogens is 6. The molecule has 1 fully saturated rings. The molecule has 2 N–H and O–H groups in total. The van der Waals surface area contributed by atoms with Crippen LogP contribution in [0.25, 0.3) is 5.78 Å². The van der Waals surface area contributed by atoms with E-state index in [4.69, 9.17) is 0 Å². The van der Waals surface area contributed by atoms with E-state index in [-0.39, 0.29) is 5.69 Å². The van der Waals surface area contributed by atoms with Crippen LogP contribution in [-0.2, 0) is 20.0 Å². The summed E-state index contributed by atoms with van der Waals surface area (Å²) in [6, 6.07) is 2.32. The van der Waals surface area contributed by atoms with E-state index in [1.807, 2.05) is 22.9 Å². The predicted octanol–water partition coefficient (Wildman–Crippen LogP) is 1.04. The van der Waals surface area contributed by atoms with Crippen molar-refractivity contribution in [2.75, 3.05) is 0 Å². The Hall–Kier alpha value is -2.48. The molecule has 8 heteroatoms. The molecule has 0 unspecified atom stereocenters. The molecule has 0 spiro atoms. The number of rotatable bonds is 5. The molecule has 0 saturated heterocycles. The average Bonchev–Trinajstić information content (AvgIpc) is 3.19. The third kappa shape index (κ3) is 3.34. The molecule has 0 aromatic carbocycles. The highest BCUT2D eigenvalue weighted by atomic mass is 16.1. The van der Waals surface area contributed by atoms with Crippen LogP contribution in [0, 0.1) is 5.92 Å². The van der Waals surface area contributed by atoms with E-state index in [2.05, 4.69) is 25.5 Å². The van der Waals surface area contributed by atoms with E-state index >= 15 is 0 Å². The fourth-order valence-corrected chi connectivity index (χ4v) is 3.72. The first-order valence-corrected chi connectivity index (χ1v) is 8.83. The normalized spacial score (nSPS) is 21.0. The second-order valence-electron chi connectivity index (χ2n) is 6.80. The molecule has 0 amide bonds. The largest absolute Gasteiger partial charge is 0.343 e. The molecule has 3 aromatic rings. The van der Waals surface area contributed by atoms with Gasteiger partial charge in [-0.2, -0.15) is 5.10 Å². The Morgan fingerprint density at radius 3 is 3.04 bits per heavy atom. The lowest BCUT2D eigenvalue weighted by atomic mass is 9.82. The van der Waals surface area contributed by atoms with Gasteiger partial charge in [0, 0.05) is 44.6 Å². The number of nitrogens with one attached hydrogen (secondary N) is 2. The van der Waals surface area contributed by atoms with Crippen LogP contribution in [-0.4, -0.2) is 35.2 Å². The minimum atomic E-state index is -0.146. The van der Waals surface area contributed by atoms with E-state index in [1.165, 1.54) is 12.8 Å². The lowest BCUT2D eigenvalue weighted by molar-refractivity contribution is 0.254. The van der Waals surface area contributed by atoms with Crippen molar-refractivity contribution in [3.8, 4) is 0 Å². The van der Waals surface area contributed by atoms with Crippen molar-refractivity contribution in [3.63, 3.8) is 0 Å². The fourth-order valence-electron chi connectivity index (χ4n) is 3.72. The van der Waals surface area contributed by atoms with Crippen LogP contribution < -0.4 is 11.0 Å². The summed E-state index contributed by atoms with van der Waals surface area (Å²) in [5.41, 5.74) is 0.850. The van der Waals surface area contributed by atoms with Crippen LogP contribution in [0.4, 0.5) is 0 Å². The monoisotopic (exact) mass is 341 g/mol. The van der Waals surface area contributed by atoms with E-state index in [9.17, 15) is 4.79 Å². The summed E-state index contributed by atoms with van der Waals surface area (Å²) in [5.74, 6) is 2.05. The van der Waals surface area contributed by atoms with Gasteiger partial charge in [0.2, 0.25) is 5.78 Å². The van der Waals surface area contributed by atoms with E-state index in [1.54, 1.807) is 17.8 Å². The van der Waals surface area contributed by atoms with Crippen LogP contribution in [0.5, 0.6) is 0 Å². The van der Waals surface area contributed by atoms with Gasteiger partial charge in [-0.15, -0.1) is 0 Å². The van der Waals surface area contributed by atoms with Gasteiger partial charge >= 0.3 is 5.69 Å². The molecule has 8 nitrogen and oxygen atoms in total. The van der Waals surface area contributed by atoms with Gasteiger partial charge in [-0.05, 0) is 24.8 Å². The van der Waals surface area contributed by atoms with Gasteiger partial charge in [0.15, 0.2) is 0 Å². The van der Waals surface area contributed by atoms with Gasteiger partial charge in [0.05, 0.1) is 5.69 Å². The smallest absolute Gasteiger partial charge is 0.308 e. The maximum atomic E-state index is 11.6. The molecule has 0 aliphatic heterocycles. The molecule has 3 heterocycles. The van der Waals surface area contributed by atoms with Crippen molar-refractivity contribution < 1.29 is 0 Å². The first-order valence-electron chi connectivity index (χ1n) is 8.83. The Kier molecular flexibility index (Phi) is 4.35. The highest BCUT2D eigenvalue weighted by Crippen LogP contribution is 2.27. The lowest BCUT2D eigenvalue weighted by Crippen LogP contribution is -2.39. The lowest BCUT2D eigenvalue weighted by Gasteiger charge is -2.32. The van der Waals surface area contributed by atoms with Gasteiger partial charge < -0.3 is 5.32 Å². The Labute approximate surface area is 145 Å². The van der Waals surface area contributed by atoms with Gasteiger partial charge in [0.25, 0.3) is 0 Å². The van der Waals surface area contributed by atoms with Crippen molar-refractivity contribution in [2.45, 2.75) is 44.7 Å². The molecule has 0 bridgehead atoms. The van der Waals surface area contributed by atoms with Gasteiger partial charge in [-0.3, -0.25) is 8.97 Å². The molecule has 1 aliphatic rings. The molecular formula is C17H23N7O. The number of imidazole rings is 1. The summed E-state index contributed by atoms with van der Waals surface area (Å²) in [4.78, 5) is 20.4. The zero-order valence-electron chi connectivity index (χ0n) is 14.4. The summed E-state index contributed by atoms with van der Waals surface area (Å²) >= 11 is 0. The fraction of sp³-hybridized carbons (Fsp3) is 0.529. The molecule has 1 aliphatic carbocycles. The van der Waals surface area contributed by atoms with E-state index in [0.29, 0.717) is 12.0 Å². The summed E-state index contributed by atoms with van der Waals surface area (Å²) in [5, 5.41) is 10.4. The Morgan fingerprint density at radius 1 is 1.36 bits per heavy atom. The molecule has 132 valence electrons. The number of aromatic amines is 1. The molecule has 25 heavy (non-hydrogen) atoms. The minimum absolute atomic E-state index is 0.146. The van der Waals surface area contributed by atoms with Crippen LogP contribution in [0.15, 0.2) is 29.5 Å². The van der Waals surface area contributed by atoms with Gasteiger partial charge in [-0.25, -0.2) is 19.9 Å². The Bertz CT molecular complexity index is 876. The number of H-pyrrole nitrogens is 1. The minimum Gasteiger partial charge on any atom is -0.308 e. The summed E-state index contributed by atoms with van der Waals surface area (Å²) < 4.78 is 3.55. The number of hydrogen-bond acceptors (Lipinski definition) is 5. The maximum Gasteiger partial charge on any atom is 0.343 e. The standard InChI is InChI=1S/C17H23N7O/c1-23-15(21-22-17(23)25)9-12-5-2-3-6-14(12)19-10-13-11-24-8-4-7-18-16(24)20-13/h4,7-8,11-12,14,19H,2-3,5-6,9-10H2,1H3,(H,22,25)/t12-,14-/m1/s1. The topological polar surface area (TPSA) is 92.9 Å². The number of fused-ring (bicyclic) bond motifs is 1. The molecule has 0 radical (unpaired) electrons. The summed E-state index contributed by atoms with van der Waals surface area (Å²) in [7, 11) is 1.77. The van der Waals surface area contributed by atoms with Crippen LogP contribution in [0.3, 0.4) is 0 Å². The van der Waals surface area contributed by atoms with E-state index < -0.39 is 0 Å². The quantitative estimate of drug-likeness (QED) is 0.723. The molecule has 4 rings (SSSR count). The number of nitrogens with zero attached hydrogens (tertiary/aromatic N) is 5. The second kappa shape index (κ2) is 6.79. The molecule has 2 atom stereocenters. The first kappa shape index (κ1) is 16.0. The molecule has 3 aromatic heterocycles. The van der Waals surface area contributed by atoms with Crippen molar-refractivity contribution in [1.29, 1.82) is 0 Å². The molecule has 1 saturated carbocycles. The zero-order valence-corrected chi connectivity index (χ0v) is 14.4. The predicted molar refractivity (Wildman–Crippen MR) is 93.1 cm³/mol. The van der Waals surface area contributed by atoms with Crippen LogP contribution in [0.2, 0.25) is 0 Å². The molecular weight excluding hydrogens is 318 g/mol. The maximum absolute atomic E-state index is 11.6. The van der Waals surface area contributed by atoms with Crippen molar-refractivity contribution in [3.05, 3.63) is 46.7 Å². The first-order chi connectivity index (χ1) is 12.2. The third-order valence-electron chi connectivity index (χ3n) is 5.16. The summed E-state index contributed by atoms with van der Waals surface area (Å²) in [6.45, 7) is 0.726. The highest BCUT2D eigenvalue weighted by Gasteiger charge is 2.26. The van der Waals surface area contributed by atoms with Crippen LogP contribution >= 0.6 is 0 Å². The van der Waals surface area contributed by atoms with Crippen molar-refractivity contribution in [2.24, 2.45) is 13.0 Å². The van der Waals surface area contributed by atoms with Gasteiger partial charge in [-0.1, -0.05) is 12.8 Å². The van der Waals surface area contributed by atoms with Gasteiger partial charge in [0.1, 0.15) is 5.82 Å².